The minimum Gasteiger partial charge on any atom is -0.341 e. The molecule has 1 aliphatic carbocycles. The molecule has 1 saturated carbocycles. The predicted molar refractivity (Wildman–Crippen MR) is 93.6 cm³/mol. The van der Waals surface area contributed by atoms with Gasteiger partial charge in [-0.1, -0.05) is 6.42 Å². The number of carbonyl (C=O) groups is 1. The number of amides is 1. The maximum atomic E-state index is 12.7. The smallest absolute Gasteiger partial charge is 0.224 e. The molecule has 5 heteroatoms. The van der Waals surface area contributed by atoms with Gasteiger partial charge in [0, 0.05) is 57.1 Å². The van der Waals surface area contributed by atoms with E-state index in [4.69, 9.17) is 0 Å². The van der Waals surface area contributed by atoms with Gasteiger partial charge in [-0.3, -0.25) is 14.4 Å². The first-order chi connectivity index (χ1) is 11.7. The maximum absolute atomic E-state index is 12.7. The van der Waals surface area contributed by atoms with Crippen molar-refractivity contribution in [3.63, 3.8) is 0 Å². The molecule has 24 heavy (non-hydrogen) atoms. The lowest BCUT2D eigenvalue weighted by molar-refractivity contribution is -0.131. The lowest BCUT2D eigenvalue weighted by Crippen LogP contribution is -2.47. The van der Waals surface area contributed by atoms with Gasteiger partial charge in [-0.15, -0.1) is 0 Å². The van der Waals surface area contributed by atoms with Gasteiger partial charge in [-0.25, -0.2) is 0 Å². The van der Waals surface area contributed by atoms with Gasteiger partial charge in [0.2, 0.25) is 5.91 Å². The van der Waals surface area contributed by atoms with Crippen LogP contribution in [0.4, 0.5) is 0 Å². The van der Waals surface area contributed by atoms with Crippen LogP contribution in [0.25, 0.3) is 0 Å². The normalized spacial score (nSPS) is 28.0. The second-order valence-corrected chi connectivity index (χ2v) is 8.09. The number of carbonyl (C=O) groups excluding carboxylic acids is 1. The van der Waals surface area contributed by atoms with Crippen LogP contribution in [0.1, 0.15) is 44.2 Å². The van der Waals surface area contributed by atoms with Crippen molar-refractivity contribution >= 4 is 5.91 Å². The van der Waals surface area contributed by atoms with Crippen molar-refractivity contribution in [1.82, 2.24) is 19.6 Å². The highest BCUT2D eigenvalue weighted by Gasteiger charge is 2.37. The van der Waals surface area contributed by atoms with Crippen molar-refractivity contribution in [3.8, 4) is 0 Å². The van der Waals surface area contributed by atoms with Crippen LogP contribution in [0, 0.1) is 18.8 Å². The summed E-state index contributed by atoms with van der Waals surface area (Å²) in [6, 6.07) is 2.59. The molecule has 3 aliphatic heterocycles. The first-order valence-electron chi connectivity index (χ1n) is 9.69. The molecule has 0 N–H and O–H groups in total. The van der Waals surface area contributed by atoms with Gasteiger partial charge in [0.05, 0.1) is 0 Å². The van der Waals surface area contributed by atoms with Crippen molar-refractivity contribution in [2.75, 3.05) is 26.2 Å². The minimum atomic E-state index is 0.312. The van der Waals surface area contributed by atoms with E-state index >= 15 is 0 Å². The van der Waals surface area contributed by atoms with E-state index in [1.165, 1.54) is 45.2 Å². The second-order valence-electron chi connectivity index (χ2n) is 8.09. The highest BCUT2D eigenvalue weighted by atomic mass is 16.2. The van der Waals surface area contributed by atoms with Gasteiger partial charge < -0.3 is 4.90 Å². The molecule has 2 bridgehead atoms. The second kappa shape index (κ2) is 6.87. The lowest BCUT2D eigenvalue weighted by atomic mass is 9.83. The van der Waals surface area contributed by atoms with Crippen molar-refractivity contribution in [2.24, 2.45) is 11.8 Å². The molecular formula is C19H30N4O. The van der Waals surface area contributed by atoms with E-state index in [1.54, 1.807) is 0 Å². The first kappa shape index (κ1) is 16.1. The van der Waals surface area contributed by atoms with Gasteiger partial charge in [0.15, 0.2) is 0 Å². The van der Waals surface area contributed by atoms with Crippen molar-refractivity contribution in [1.29, 1.82) is 0 Å². The Morgan fingerprint density at radius 3 is 2.79 bits per heavy atom. The summed E-state index contributed by atoms with van der Waals surface area (Å²) < 4.78 is 1.94. The van der Waals surface area contributed by atoms with Gasteiger partial charge in [0.25, 0.3) is 0 Å². The Morgan fingerprint density at radius 2 is 2.08 bits per heavy atom. The Bertz CT molecular complexity index is 580. The zero-order valence-corrected chi connectivity index (χ0v) is 14.9. The summed E-state index contributed by atoms with van der Waals surface area (Å²) in [7, 11) is 0. The Labute approximate surface area is 145 Å². The molecule has 1 aromatic rings. The van der Waals surface area contributed by atoms with Crippen molar-refractivity contribution < 1.29 is 4.79 Å². The summed E-state index contributed by atoms with van der Waals surface area (Å²) in [5.74, 6) is 1.92. The van der Waals surface area contributed by atoms with Gasteiger partial charge in [-0.2, -0.15) is 5.10 Å². The number of aryl methyl sites for hydroxylation is 2. The third-order valence-corrected chi connectivity index (χ3v) is 6.36. The van der Waals surface area contributed by atoms with E-state index in [1.807, 2.05) is 23.9 Å². The molecule has 132 valence electrons. The van der Waals surface area contributed by atoms with Crippen LogP contribution in [0.2, 0.25) is 0 Å². The van der Waals surface area contributed by atoms with Crippen LogP contribution in [0.5, 0.6) is 0 Å². The quantitative estimate of drug-likeness (QED) is 0.832. The fraction of sp³-hybridized carbons (Fsp3) is 0.789. The van der Waals surface area contributed by atoms with Gasteiger partial charge >= 0.3 is 0 Å². The van der Waals surface area contributed by atoms with Crippen molar-refractivity contribution in [3.05, 3.63) is 18.0 Å². The van der Waals surface area contributed by atoms with Crippen molar-refractivity contribution in [2.45, 2.75) is 58.0 Å². The molecule has 0 spiro atoms. The summed E-state index contributed by atoms with van der Waals surface area (Å²) in [6.07, 6.45) is 9.21. The summed E-state index contributed by atoms with van der Waals surface area (Å²) >= 11 is 0. The van der Waals surface area contributed by atoms with E-state index in [0.29, 0.717) is 30.8 Å². The number of piperidine rings is 1. The van der Waals surface area contributed by atoms with Crippen LogP contribution in [-0.4, -0.2) is 57.7 Å². The number of hydrogen-bond donors (Lipinski definition) is 0. The molecule has 0 aromatic carbocycles. The predicted octanol–water partition coefficient (Wildman–Crippen LogP) is 2.30. The van der Waals surface area contributed by atoms with Crippen LogP contribution in [0.15, 0.2) is 12.3 Å². The van der Waals surface area contributed by atoms with Crippen LogP contribution in [0.3, 0.4) is 0 Å². The third kappa shape index (κ3) is 3.37. The van der Waals surface area contributed by atoms with Crippen LogP contribution < -0.4 is 0 Å². The molecule has 3 saturated heterocycles. The zero-order chi connectivity index (χ0) is 16.5. The van der Waals surface area contributed by atoms with Gasteiger partial charge in [-0.05, 0) is 50.5 Å². The van der Waals surface area contributed by atoms with Crippen LogP contribution >= 0.6 is 0 Å². The molecule has 2 atom stereocenters. The monoisotopic (exact) mass is 330 g/mol. The average molecular weight is 330 g/mol. The fourth-order valence-corrected chi connectivity index (χ4v) is 4.61. The van der Waals surface area contributed by atoms with E-state index in [9.17, 15) is 4.79 Å². The molecule has 1 amide bonds. The van der Waals surface area contributed by atoms with Crippen LogP contribution in [-0.2, 0) is 11.3 Å². The third-order valence-electron chi connectivity index (χ3n) is 6.36. The molecule has 4 aliphatic rings. The van der Waals surface area contributed by atoms with Gasteiger partial charge in [0.1, 0.15) is 0 Å². The number of hydrogen-bond acceptors (Lipinski definition) is 3. The number of nitrogens with zero attached hydrogens (tertiary/aromatic N) is 4. The highest BCUT2D eigenvalue weighted by molar-refractivity contribution is 5.76. The topological polar surface area (TPSA) is 41.4 Å². The van der Waals surface area contributed by atoms with E-state index in [-0.39, 0.29) is 0 Å². The minimum absolute atomic E-state index is 0.312. The Hall–Kier alpha value is -1.36. The number of rotatable bonds is 5. The Kier molecular flexibility index (Phi) is 4.61. The summed E-state index contributed by atoms with van der Waals surface area (Å²) in [6.45, 7) is 7.14. The molecular weight excluding hydrogens is 300 g/mol. The Balaban J connectivity index is 1.34. The molecule has 1 aromatic heterocycles. The zero-order valence-electron chi connectivity index (χ0n) is 14.9. The molecule has 4 heterocycles. The number of aromatic nitrogens is 2. The molecule has 0 unspecified atom stereocenters. The van der Waals surface area contributed by atoms with E-state index in [2.05, 4.69) is 14.9 Å². The lowest BCUT2D eigenvalue weighted by Gasteiger charge is -2.40. The molecule has 0 radical (unpaired) electrons. The molecule has 4 fully saturated rings. The summed E-state index contributed by atoms with van der Waals surface area (Å²) in [5, 5.41) is 4.29. The summed E-state index contributed by atoms with van der Waals surface area (Å²) in [5.41, 5.74) is 1.13. The summed E-state index contributed by atoms with van der Waals surface area (Å²) in [4.78, 5) is 17.6. The van der Waals surface area contributed by atoms with E-state index in [0.717, 1.165) is 24.7 Å². The van der Waals surface area contributed by atoms with E-state index < -0.39 is 0 Å². The fourth-order valence-electron chi connectivity index (χ4n) is 4.61. The standard InChI is InChI=1S/C19H30N4O/c1-15-7-9-20-23(15)10-8-19(24)22-13-17-5-6-18(14-22)21(12-17)11-16-3-2-4-16/h7,9,16-18H,2-6,8,10-14H2,1H3/t17-,18-/m1/s1. The SMILES string of the molecule is Cc1ccnn1CCC(=O)N1C[C@@H]2CC[C@H](C1)N(CC1CCC1)C2. The average Bonchev–Trinajstić information content (AvgIpc) is 2.75. The largest absolute Gasteiger partial charge is 0.341 e. The first-order valence-corrected chi connectivity index (χ1v) is 9.69. The number of fused-ring (bicyclic) bond motifs is 4. The highest BCUT2D eigenvalue weighted by Crippen LogP contribution is 2.33. The molecule has 5 nitrogen and oxygen atoms in total. The maximum Gasteiger partial charge on any atom is 0.224 e. The Morgan fingerprint density at radius 1 is 1.21 bits per heavy atom. The molecule has 5 rings (SSSR count).